The Balaban J connectivity index is 1.93. The molecule has 1 aromatic carbocycles. The minimum Gasteiger partial charge on any atom is -0.508 e. The molecule has 1 heterocycles. The first-order valence-electron chi connectivity index (χ1n) is 7.23. The fourth-order valence-corrected chi connectivity index (χ4v) is 2.62. The SMILES string of the molecule is CCC(NCC1(C)CCOCC1)c1ccc(O)cc1. The van der Waals surface area contributed by atoms with E-state index in [1.54, 1.807) is 12.1 Å². The van der Waals surface area contributed by atoms with Gasteiger partial charge in [-0.05, 0) is 42.4 Å². The third-order valence-electron chi connectivity index (χ3n) is 4.18. The third-order valence-corrected chi connectivity index (χ3v) is 4.18. The summed E-state index contributed by atoms with van der Waals surface area (Å²) in [7, 11) is 0. The molecule has 1 aliphatic rings. The largest absolute Gasteiger partial charge is 0.508 e. The normalized spacial score (nSPS) is 20.1. The van der Waals surface area contributed by atoms with E-state index in [9.17, 15) is 5.11 Å². The van der Waals surface area contributed by atoms with E-state index < -0.39 is 0 Å². The van der Waals surface area contributed by atoms with Gasteiger partial charge in [-0.15, -0.1) is 0 Å². The Morgan fingerprint density at radius 2 is 1.89 bits per heavy atom. The van der Waals surface area contributed by atoms with Crippen molar-refractivity contribution in [3.8, 4) is 5.75 Å². The number of phenols is 1. The molecular formula is C16H25NO2. The first-order chi connectivity index (χ1) is 9.13. The molecule has 3 heteroatoms. The van der Waals surface area contributed by atoms with Crippen LogP contribution in [0.4, 0.5) is 0 Å². The van der Waals surface area contributed by atoms with Crippen molar-refractivity contribution in [2.75, 3.05) is 19.8 Å². The Morgan fingerprint density at radius 3 is 2.47 bits per heavy atom. The van der Waals surface area contributed by atoms with Gasteiger partial charge in [0.2, 0.25) is 0 Å². The Kier molecular flexibility index (Phi) is 4.83. The highest BCUT2D eigenvalue weighted by molar-refractivity contribution is 5.28. The molecule has 19 heavy (non-hydrogen) atoms. The predicted molar refractivity (Wildman–Crippen MR) is 77.3 cm³/mol. The zero-order valence-electron chi connectivity index (χ0n) is 12.0. The lowest BCUT2D eigenvalue weighted by Gasteiger charge is -2.35. The van der Waals surface area contributed by atoms with Gasteiger partial charge in [0.1, 0.15) is 5.75 Å². The number of benzene rings is 1. The smallest absolute Gasteiger partial charge is 0.115 e. The number of aromatic hydroxyl groups is 1. The van der Waals surface area contributed by atoms with Crippen LogP contribution in [0.2, 0.25) is 0 Å². The van der Waals surface area contributed by atoms with E-state index in [1.165, 1.54) is 5.56 Å². The van der Waals surface area contributed by atoms with E-state index in [4.69, 9.17) is 4.74 Å². The highest BCUT2D eigenvalue weighted by atomic mass is 16.5. The summed E-state index contributed by atoms with van der Waals surface area (Å²) in [5, 5.41) is 13.0. The Morgan fingerprint density at radius 1 is 1.26 bits per heavy atom. The van der Waals surface area contributed by atoms with Crippen molar-refractivity contribution in [2.24, 2.45) is 5.41 Å². The number of nitrogens with one attached hydrogen (secondary N) is 1. The summed E-state index contributed by atoms with van der Waals surface area (Å²) in [5.74, 6) is 0.329. The van der Waals surface area contributed by atoms with Gasteiger partial charge in [0.15, 0.2) is 0 Å². The molecular weight excluding hydrogens is 238 g/mol. The van der Waals surface area contributed by atoms with E-state index in [-0.39, 0.29) is 0 Å². The highest BCUT2D eigenvalue weighted by Gasteiger charge is 2.27. The van der Waals surface area contributed by atoms with Gasteiger partial charge in [-0.25, -0.2) is 0 Å². The number of hydrogen-bond donors (Lipinski definition) is 2. The molecule has 2 N–H and O–H groups in total. The van der Waals surface area contributed by atoms with Crippen molar-refractivity contribution in [3.05, 3.63) is 29.8 Å². The van der Waals surface area contributed by atoms with Gasteiger partial charge in [0.25, 0.3) is 0 Å². The van der Waals surface area contributed by atoms with Gasteiger partial charge in [0, 0.05) is 25.8 Å². The summed E-state index contributed by atoms with van der Waals surface area (Å²) in [6, 6.07) is 7.89. The van der Waals surface area contributed by atoms with Gasteiger partial charge in [-0.3, -0.25) is 0 Å². The second kappa shape index (κ2) is 6.40. The average molecular weight is 263 g/mol. The van der Waals surface area contributed by atoms with Crippen molar-refractivity contribution in [1.82, 2.24) is 5.32 Å². The zero-order valence-corrected chi connectivity index (χ0v) is 12.0. The fourth-order valence-electron chi connectivity index (χ4n) is 2.62. The average Bonchev–Trinajstić information content (AvgIpc) is 2.42. The maximum absolute atomic E-state index is 9.35. The first kappa shape index (κ1) is 14.4. The van der Waals surface area contributed by atoms with Crippen molar-refractivity contribution >= 4 is 0 Å². The molecule has 0 spiro atoms. The molecule has 0 saturated carbocycles. The summed E-state index contributed by atoms with van der Waals surface area (Å²) in [4.78, 5) is 0. The van der Waals surface area contributed by atoms with Crippen LogP contribution in [0, 0.1) is 5.41 Å². The first-order valence-corrected chi connectivity index (χ1v) is 7.23. The quantitative estimate of drug-likeness (QED) is 0.857. The van der Waals surface area contributed by atoms with Gasteiger partial charge >= 0.3 is 0 Å². The van der Waals surface area contributed by atoms with E-state index in [0.717, 1.165) is 39.0 Å². The second-order valence-corrected chi connectivity index (χ2v) is 5.86. The standard InChI is InChI=1S/C16H25NO2/c1-3-15(13-4-6-14(18)7-5-13)17-12-16(2)8-10-19-11-9-16/h4-7,15,17-18H,3,8-12H2,1-2H3. The zero-order chi connectivity index (χ0) is 13.7. The van der Waals surface area contributed by atoms with E-state index in [1.807, 2.05) is 12.1 Å². The van der Waals surface area contributed by atoms with Gasteiger partial charge in [-0.2, -0.15) is 0 Å². The Bertz CT molecular complexity index is 382. The fraction of sp³-hybridized carbons (Fsp3) is 0.625. The number of phenolic OH excluding ortho intramolecular Hbond substituents is 1. The Hall–Kier alpha value is -1.06. The second-order valence-electron chi connectivity index (χ2n) is 5.86. The van der Waals surface area contributed by atoms with Crippen LogP contribution in [0.5, 0.6) is 5.75 Å². The van der Waals surface area contributed by atoms with Crippen LogP contribution in [0.1, 0.15) is 44.7 Å². The highest BCUT2D eigenvalue weighted by Crippen LogP contribution is 2.30. The summed E-state index contributed by atoms with van der Waals surface area (Å²) in [5.41, 5.74) is 1.60. The lowest BCUT2D eigenvalue weighted by molar-refractivity contribution is 0.0228. The molecule has 0 aromatic heterocycles. The molecule has 3 nitrogen and oxygen atoms in total. The van der Waals surface area contributed by atoms with Crippen LogP contribution in [-0.4, -0.2) is 24.9 Å². The molecule has 0 radical (unpaired) electrons. The Labute approximate surface area is 116 Å². The summed E-state index contributed by atoms with van der Waals surface area (Å²) >= 11 is 0. The van der Waals surface area contributed by atoms with E-state index in [0.29, 0.717) is 17.2 Å². The summed E-state index contributed by atoms with van der Waals surface area (Å²) < 4.78 is 5.44. The lowest BCUT2D eigenvalue weighted by Crippen LogP contribution is -2.38. The molecule has 0 amide bonds. The summed E-state index contributed by atoms with van der Waals surface area (Å²) in [6.45, 7) is 7.32. The van der Waals surface area contributed by atoms with Crippen molar-refractivity contribution < 1.29 is 9.84 Å². The number of rotatable bonds is 5. The maximum atomic E-state index is 9.35. The maximum Gasteiger partial charge on any atom is 0.115 e. The van der Waals surface area contributed by atoms with Crippen LogP contribution >= 0.6 is 0 Å². The molecule has 106 valence electrons. The minimum absolute atomic E-state index is 0.329. The number of ether oxygens (including phenoxy) is 1. The van der Waals surface area contributed by atoms with Gasteiger partial charge in [-0.1, -0.05) is 26.0 Å². The van der Waals surface area contributed by atoms with Crippen molar-refractivity contribution in [3.63, 3.8) is 0 Å². The van der Waals surface area contributed by atoms with Gasteiger partial charge in [0.05, 0.1) is 0 Å². The van der Waals surface area contributed by atoms with Crippen LogP contribution in [-0.2, 0) is 4.74 Å². The monoisotopic (exact) mass is 263 g/mol. The van der Waals surface area contributed by atoms with Crippen LogP contribution in [0.25, 0.3) is 0 Å². The molecule has 1 fully saturated rings. The van der Waals surface area contributed by atoms with Crippen LogP contribution in [0.15, 0.2) is 24.3 Å². The molecule has 0 bridgehead atoms. The topological polar surface area (TPSA) is 41.5 Å². The molecule has 0 aliphatic carbocycles. The van der Waals surface area contributed by atoms with Crippen LogP contribution in [0.3, 0.4) is 0 Å². The van der Waals surface area contributed by atoms with Crippen molar-refractivity contribution in [2.45, 2.75) is 39.2 Å². The van der Waals surface area contributed by atoms with Crippen molar-refractivity contribution in [1.29, 1.82) is 0 Å². The molecule has 1 aliphatic heterocycles. The molecule has 1 aromatic rings. The molecule has 1 saturated heterocycles. The third kappa shape index (κ3) is 3.95. The van der Waals surface area contributed by atoms with Crippen LogP contribution < -0.4 is 5.32 Å². The van der Waals surface area contributed by atoms with Gasteiger partial charge < -0.3 is 15.2 Å². The molecule has 2 rings (SSSR count). The summed E-state index contributed by atoms with van der Waals surface area (Å²) in [6.07, 6.45) is 3.31. The van der Waals surface area contributed by atoms with E-state index >= 15 is 0 Å². The number of hydrogen-bond acceptors (Lipinski definition) is 3. The lowest BCUT2D eigenvalue weighted by atomic mass is 9.82. The van der Waals surface area contributed by atoms with E-state index in [2.05, 4.69) is 19.2 Å². The predicted octanol–water partition coefficient (Wildman–Crippen LogP) is 3.25. The molecule has 1 atom stereocenters. The minimum atomic E-state index is 0.329. The molecule has 1 unspecified atom stereocenters.